The predicted molar refractivity (Wildman–Crippen MR) is 109 cm³/mol. The van der Waals surface area contributed by atoms with Gasteiger partial charge in [-0.05, 0) is 45.4 Å². The van der Waals surface area contributed by atoms with Crippen LogP contribution in [-0.2, 0) is 14.2 Å². The van der Waals surface area contributed by atoms with E-state index in [2.05, 4.69) is 29.4 Å². The Morgan fingerprint density at radius 2 is 1.52 bits per heavy atom. The van der Waals surface area contributed by atoms with Gasteiger partial charge in [0.2, 0.25) is 0 Å². The Hall–Kier alpha value is -0.860. The molecule has 7 nitrogen and oxygen atoms in total. The van der Waals surface area contributed by atoms with Gasteiger partial charge in [-0.1, -0.05) is 13.8 Å². The maximum Gasteiger partial charge on any atom is 0.182 e. The van der Waals surface area contributed by atoms with Crippen molar-refractivity contribution >= 4 is 0 Å². The molecule has 27 heavy (non-hydrogen) atoms. The molecule has 0 radical (unpaired) electrons. The van der Waals surface area contributed by atoms with Crippen molar-refractivity contribution in [3.63, 3.8) is 0 Å². The Bertz CT molecular complexity index is 393. The molecule has 0 atom stereocenters. The van der Waals surface area contributed by atoms with E-state index >= 15 is 0 Å². The van der Waals surface area contributed by atoms with Gasteiger partial charge < -0.3 is 34.9 Å². The zero-order valence-corrected chi connectivity index (χ0v) is 17.8. The number of rotatable bonds is 15. The monoisotopic (exact) mass is 387 g/mol. The van der Waals surface area contributed by atoms with E-state index in [0.717, 1.165) is 31.8 Å². The summed E-state index contributed by atoms with van der Waals surface area (Å²) in [6.45, 7) is 15.7. The maximum absolute atomic E-state index is 9.46. The standard InChI is InChI=1S/C20H41N3O4/c1-17(2)20(24)21-7-11-25-13-15-27-16-14-26-12-10-23-8-5-19(6-9-23)22-18(3)4/h18-19,21-22,24H,5-16H2,1-4H3. The van der Waals surface area contributed by atoms with Gasteiger partial charge in [0.15, 0.2) is 5.88 Å². The molecule has 1 aliphatic rings. The van der Waals surface area contributed by atoms with Gasteiger partial charge >= 0.3 is 0 Å². The van der Waals surface area contributed by atoms with Gasteiger partial charge in [0.05, 0.1) is 39.6 Å². The Morgan fingerprint density at radius 1 is 0.963 bits per heavy atom. The van der Waals surface area contributed by atoms with Crippen molar-refractivity contribution in [2.24, 2.45) is 0 Å². The molecule has 0 unspecified atom stereocenters. The molecule has 1 rings (SSSR count). The number of hydrogen-bond donors (Lipinski definition) is 3. The molecule has 0 aromatic rings. The van der Waals surface area contributed by atoms with Gasteiger partial charge in [-0.2, -0.15) is 0 Å². The summed E-state index contributed by atoms with van der Waals surface area (Å²) < 4.78 is 16.6. The molecule has 0 amide bonds. The number of piperidine rings is 1. The Balaban J connectivity index is 1.81. The fourth-order valence-corrected chi connectivity index (χ4v) is 2.95. The van der Waals surface area contributed by atoms with E-state index in [1.165, 1.54) is 12.8 Å². The molecule has 1 aliphatic heterocycles. The lowest BCUT2D eigenvalue weighted by atomic mass is 10.0. The summed E-state index contributed by atoms with van der Waals surface area (Å²) in [5, 5.41) is 16.0. The van der Waals surface area contributed by atoms with Gasteiger partial charge in [0.25, 0.3) is 0 Å². The highest BCUT2D eigenvalue weighted by molar-refractivity contribution is 4.98. The van der Waals surface area contributed by atoms with Crippen molar-refractivity contribution in [3.05, 3.63) is 11.5 Å². The van der Waals surface area contributed by atoms with E-state index in [4.69, 9.17) is 14.2 Å². The van der Waals surface area contributed by atoms with Gasteiger partial charge in [-0.3, -0.25) is 0 Å². The molecule has 0 aromatic carbocycles. The van der Waals surface area contributed by atoms with E-state index in [-0.39, 0.29) is 5.88 Å². The quantitative estimate of drug-likeness (QED) is 0.293. The summed E-state index contributed by atoms with van der Waals surface area (Å²) >= 11 is 0. The number of aliphatic hydroxyl groups is 1. The summed E-state index contributed by atoms with van der Waals surface area (Å²) in [5.74, 6) is 0.226. The summed E-state index contributed by atoms with van der Waals surface area (Å²) in [5.41, 5.74) is 0.867. The van der Waals surface area contributed by atoms with Crippen LogP contribution in [0.15, 0.2) is 11.5 Å². The third kappa shape index (κ3) is 13.0. The predicted octanol–water partition coefficient (Wildman–Crippen LogP) is 1.90. The number of nitrogens with one attached hydrogen (secondary N) is 2. The third-order valence-electron chi connectivity index (χ3n) is 4.46. The molecular weight excluding hydrogens is 346 g/mol. The number of ether oxygens (including phenoxy) is 3. The van der Waals surface area contributed by atoms with Gasteiger partial charge in [-0.25, -0.2) is 0 Å². The van der Waals surface area contributed by atoms with Gasteiger partial charge in [0, 0.05) is 25.2 Å². The fourth-order valence-electron chi connectivity index (χ4n) is 2.95. The first kappa shape index (κ1) is 24.2. The molecule has 1 saturated heterocycles. The Labute approximate surface area is 165 Å². The molecule has 7 heteroatoms. The maximum atomic E-state index is 9.46. The normalized spacial score (nSPS) is 16.0. The second-order valence-corrected chi connectivity index (χ2v) is 7.55. The minimum absolute atomic E-state index is 0.226. The number of nitrogens with zero attached hydrogens (tertiary/aromatic N) is 1. The lowest BCUT2D eigenvalue weighted by molar-refractivity contribution is 0.00974. The van der Waals surface area contributed by atoms with Crippen LogP contribution in [0.25, 0.3) is 0 Å². The highest BCUT2D eigenvalue weighted by Crippen LogP contribution is 2.10. The van der Waals surface area contributed by atoms with Crippen molar-refractivity contribution in [1.29, 1.82) is 0 Å². The molecule has 0 aromatic heterocycles. The summed E-state index contributed by atoms with van der Waals surface area (Å²) in [4.78, 5) is 2.48. The Morgan fingerprint density at radius 3 is 2.07 bits per heavy atom. The summed E-state index contributed by atoms with van der Waals surface area (Å²) in [7, 11) is 0. The SMILES string of the molecule is CC(C)=C(O)NCCOCCOCCOCCN1CCC(NC(C)C)CC1. The fraction of sp³-hybridized carbons (Fsp3) is 0.900. The van der Waals surface area contributed by atoms with E-state index in [1.54, 1.807) is 0 Å². The number of likely N-dealkylation sites (tertiary alicyclic amines) is 1. The zero-order valence-electron chi connectivity index (χ0n) is 17.8. The smallest absolute Gasteiger partial charge is 0.182 e. The van der Waals surface area contributed by atoms with Crippen molar-refractivity contribution < 1.29 is 19.3 Å². The second kappa shape index (κ2) is 15.1. The topological polar surface area (TPSA) is 75.2 Å². The highest BCUT2D eigenvalue weighted by atomic mass is 16.5. The second-order valence-electron chi connectivity index (χ2n) is 7.55. The first-order valence-electron chi connectivity index (χ1n) is 10.3. The first-order valence-corrected chi connectivity index (χ1v) is 10.3. The first-order chi connectivity index (χ1) is 13.0. The lowest BCUT2D eigenvalue weighted by Crippen LogP contribution is -2.45. The average Bonchev–Trinajstić information content (AvgIpc) is 2.63. The minimum atomic E-state index is 0.226. The van der Waals surface area contributed by atoms with Crippen LogP contribution in [0.5, 0.6) is 0 Å². The molecule has 160 valence electrons. The lowest BCUT2D eigenvalue weighted by Gasteiger charge is -2.33. The van der Waals surface area contributed by atoms with E-state index in [0.29, 0.717) is 51.7 Å². The number of allylic oxidation sites excluding steroid dienone is 1. The van der Waals surface area contributed by atoms with Gasteiger partial charge in [0.1, 0.15) is 0 Å². The van der Waals surface area contributed by atoms with Crippen LogP contribution in [0.3, 0.4) is 0 Å². The average molecular weight is 388 g/mol. The van der Waals surface area contributed by atoms with Crippen LogP contribution in [-0.4, -0.2) is 87.9 Å². The van der Waals surface area contributed by atoms with Crippen LogP contribution in [0, 0.1) is 0 Å². The van der Waals surface area contributed by atoms with Crippen LogP contribution in [0.2, 0.25) is 0 Å². The minimum Gasteiger partial charge on any atom is -0.495 e. The molecular formula is C20H41N3O4. The molecule has 3 N–H and O–H groups in total. The Kier molecular flexibility index (Phi) is 13.5. The van der Waals surface area contributed by atoms with E-state index in [9.17, 15) is 5.11 Å². The third-order valence-corrected chi connectivity index (χ3v) is 4.46. The molecule has 0 saturated carbocycles. The van der Waals surface area contributed by atoms with Crippen molar-refractivity contribution in [1.82, 2.24) is 15.5 Å². The largest absolute Gasteiger partial charge is 0.495 e. The number of aliphatic hydroxyl groups excluding tert-OH is 1. The van der Waals surface area contributed by atoms with Gasteiger partial charge in [-0.15, -0.1) is 0 Å². The molecule has 0 spiro atoms. The molecule has 1 fully saturated rings. The molecule has 0 bridgehead atoms. The number of hydrogen-bond acceptors (Lipinski definition) is 7. The molecule has 1 heterocycles. The van der Waals surface area contributed by atoms with Crippen LogP contribution in [0.4, 0.5) is 0 Å². The van der Waals surface area contributed by atoms with E-state index in [1.807, 2.05) is 13.8 Å². The zero-order chi connectivity index (χ0) is 19.9. The van der Waals surface area contributed by atoms with Crippen LogP contribution >= 0.6 is 0 Å². The van der Waals surface area contributed by atoms with Crippen LogP contribution in [0.1, 0.15) is 40.5 Å². The molecule has 0 aliphatic carbocycles. The summed E-state index contributed by atoms with van der Waals surface area (Å²) in [6.07, 6.45) is 2.45. The van der Waals surface area contributed by atoms with E-state index < -0.39 is 0 Å². The van der Waals surface area contributed by atoms with Crippen molar-refractivity contribution in [3.8, 4) is 0 Å². The van der Waals surface area contributed by atoms with Crippen LogP contribution < -0.4 is 10.6 Å². The summed E-state index contributed by atoms with van der Waals surface area (Å²) in [6, 6.07) is 1.24. The van der Waals surface area contributed by atoms with Crippen molar-refractivity contribution in [2.75, 3.05) is 65.8 Å². The van der Waals surface area contributed by atoms with Crippen molar-refractivity contribution in [2.45, 2.75) is 52.6 Å². The highest BCUT2D eigenvalue weighted by Gasteiger charge is 2.18.